The SMILES string of the molecule is CCN1CCC(CC(=O)NC2(c3ccc(Cl)c(Cl)c3)C(=O)Nc3cc(Cl)cc(Cl)c32)CC1. The van der Waals surface area contributed by atoms with Crippen LogP contribution in [0.1, 0.15) is 37.3 Å². The maximum atomic E-state index is 13.4. The molecule has 4 rings (SSSR count). The lowest BCUT2D eigenvalue weighted by Crippen LogP contribution is -2.52. The molecule has 2 amide bonds. The Morgan fingerprint density at radius 3 is 2.47 bits per heavy atom. The highest BCUT2D eigenvalue weighted by Gasteiger charge is 2.51. The molecule has 0 radical (unpaired) electrons. The highest BCUT2D eigenvalue weighted by atomic mass is 35.5. The van der Waals surface area contributed by atoms with E-state index in [1.807, 2.05) is 0 Å². The summed E-state index contributed by atoms with van der Waals surface area (Å²) in [6.45, 7) is 5.09. The van der Waals surface area contributed by atoms with Crippen LogP contribution in [0.3, 0.4) is 0 Å². The van der Waals surface area contributed by atoms with E-state index in [9.17, 15) is 9.59 Å². The number of piperidine rings is 1. The fraction of sp³-hybridized carbons (Fsp3) is 0.391. The molecule has 32 heavy (non-hydrogen) atoms. The summed E-state index contributed by atoms with van der Waals surface area (Å²) in [6, 6.07) is 8.04. The van der Waals surface area contributed by atoms with E-state index in [2.05, 4.69) is 22.5 Å². The maximum absolute atomic E-state index is 13.4. The second-order valence-electron chi connectivity index (χ2n) is 8.27. The molecule has 1 unspecified atom stereocenters. The second kappa shape index (κ2) is 9.40. The minimum atomic E-state index is -1.54. The summed E-state index contributed by atoms with van der Waals surface area (Å²) in [4.78, 5) is 29.0. The van der Waals surface area contributed by atoms with Crippen LogP contribution in [-0.4, -0.2) is 36.3 Å². The normalized spacial score (nSPS) is 21.3. The van der Waals surface area contributed by atoms with Gasteiger partial charge in [-0.05, 0) is 68.2 Å². The number of carbonyl (C=O) groups is 2. The fourth-order valence-electron chi connectivity index (χ4n) is 4.61. The molecule has 2 N–H and O–H groups in total. The number of rotatable bonds is 5. The van der Waals surface area contributed by atoms with Crippen molar-refractivity contribution in [2.24, 2.45) is 5.92 Å². The maximum Gasteiger partial charge on any atom is 0.259 e. The molecule has 1 atom stereocenters. The molecule has 1 fully saturated rings. The number of likely N-dealkylation sites (tertiary alicyclic amines) is 1. The first-order valence-electron chi connectivity index (χ1n) is 10.5. The minimum absolute atomic E-state index is 0.222. The molecule has 5 nitrogen and oxygen atoms in total. The Kier molecular flexibility index (Phi) is 6.94. The van der Waals surface area contributed by atoms with Gasteiger partial charge in [0.15, 0.2) is 5.54 Å². The summed E-state index contributed by atoms with van der Waals surface area (Å²) in [6.07, 6.45) is 2.22. The van der Waals surface area contributed by atoms with Crippen molar-refractivity contribution in [3.63, 3.8) is 0 Å². The van der Waals surface area contributed by atoms with Crippen molar-refractivity contribution >= 4 is 63.9 Å². The molecule has 170 valence electrons. The van der Waals surface area contributed by atoms with Crippen molar-refractivity contribution in [2.75, 3.05) is 25.0 Å². The Balaban J connectivity index is 1.71. The number of benzene rings is 2. The first-order valence-corrected chi connectivity index (χ1v) is 12.1. The lowest BCUT2D eigenvalue weighted by Gasteiger charge is -2.33. The van der Waals surface area contributed by atoms with Crippen LogP contribution >= 0.6 is 46.4 Å². The smallest absolute Gasteiger partial charge is 0.259 e. The summed E-state index contributed by atoms with van der Waals surface area (Å²) in [5.41, 5.74) is -0.162. The monoisotopic (exact) mass is 513 g/mol. The molecule has 2 aliphatic rings. The summed E-state index contributed by atoms with van der Waals surface area (Å²) in [5, 5.41) is 7.10. The zero-order chi connectivity index (χ0) is 23.0. The molecule has 2 aromatic rings. The molecule has 2 heterocycles. The van der Waals surface area contributed by atoms with Crippen LogP contribution in [0.25, 0.3) is 0 Å². The van der Waals surface area contributed by atoms with E-state index < -0.39 is 11.4 Å². The molecule has 0 saturated carbocycles. The Morgan fingerprint density at radius 1 is 1.09 bits per heavy atom. The number of anilines is 1. The first-order chi connectivity index (χ1) is 15.2. The summed E-state index contributed by atoms with van der Waals surface area (Å²) >= 11 is 25.1. The molecule has 0 aromatic heterocycles. The Bertz CT molecular complexity index is 1070. The number of hydrogen-bond acceptors (Lipinski definition) is 3. The van der Waals surface area contributed by atoms with E-state index in [1.165, 1.54) is 0 Å². The van der Waals surface area contributed by atoms with Crippen molar-refractivity contribution in [3.05, 3.63) is 61.5 Å². The van der Waals surface area contributed by atoms with Gasteiger partial charge in [-0.2, -0.15) is 0 Å². The Morgan fingerprint density at radius 2 is 1.81 bits per heavy atom. The predicted octanol–water partition coefficient (Wildman–Crippen LogP) is 5.73. The van der Waals surface area contributed by atoms with Crippen molar-refractivity contribution < 1.29 is 9.59 Å². The van der Waals surface area contributed by atoms with Crippen LogP contribution in [0.5, 0.6) is 0 Å². The molecule has 1 saturated heterocycles. The lowest BCUT2D eigenvalue weighted by atomic mass is 9.83. The van der Waals surface area contributed by atoms with Gasteiger partial charge in [0.2, 0.25) is 5.91 Å². The second-order valence-corrected chi connectivity index (χ2v) is 9.93. The van der Waals surface area contributed by atoms with Crippen LogP contribution in [0.15, 0.2) is 30.3 Å². The van der Waals surface area contributed by atoms with Gasteiger partial charge in [-0.1, -0.05) is 59.4 Å². The van der Waals surface area contributed by atoms with Gasteiger partial charge < -0.3 is 15.5 Å². The van der Waals surface area contributed by atoms with Gasteiger partial charge in [0.05, 0.1) is 20.8 Å². The largest absolute Gasteiger partial charge is 0.334 e. The molecule has 0 bridgehead atoms. The van der Waals surface area contributed by atoms with Gasteiger partial charge in [0, 0.05) is 17.0 Å². The molecule has 9 heteroatoms. The Hall–Kier alpha value is -1.50. The van der Waals surface area contributed by atoms with Gasteiger partial charge in [0.1, 0.15) is 0 Å². The van der Waals surface area contributed by atoms with E-state index in [-0.39, 0.29) is 21.9 Å². The van der Waals surface area contributed by atoms with Crippen molar-refractivity contribution in [3.8, 4) is 0 Å². The van der Waals surface area contributed by atoms with Crippen molar-refractivity contribution in [1.82, 2.24) is 10.2 Å². The zero-order valence-electron chi connectivity index (χ0n) is 17.5. The van der Waals surface area contributed by atoms with Gasteiger partial charge in [-0.3, -0.25) is 9.59 Å². The van der Waals surface area contributed by atoms with Crippen LogP contribution in [-0.2, 0) is 15.1 Å². The average molecular weight is 515 g/mol. The number of nitrogens with zero attached hydrogens (tertiary/aromatic N) is 1. The van der Waals surface area contributed by atoms with Crippen LogP contribution in [0.4, 0.5) is 5.69 Å². The van der Waals surface area contributed by atoms with E-state index in [0.29, 0.717) is 33.3 Å². The third-order valence-electron chi connectivity index (χ3n) is 6.33. The Labute approximate surface area is 207 Å². The molecule has 2 aromatic carbocycles. The highest BCUT2D eigenvalue weighted by Crippen LogP contribution is 2.47. The van der Waals surface area contributed by atoms with E-state index >= 15 is 0 Å². The number of amides is 2. The molecular formula is C23H23Cl4N3O2. The number of fused-ring (bicyclic) bond motifs is 1. The number of hydrogen-bond donors (Lipinski definition) is 2. The topological polar surface area (TPSA) is 61.4 Å². The fourth-order valence-corrected chi connectivity index (χ4v) is 5.54. The number of halogens is 4. The molecule has 2 aliphatic heterocycles. The van der Waals surface area contributed by atoms with E-state index in [1.54, 1.807) is 30.3 Å². The van der Waals surface area contributed by atoms with Crippen LogP contribution < -0.4 is 10.6 Å². The number of carbonyl (C=O) groups excluding carboxylic acids is 2. The van der Waals surface area contributed by atoms with Crippen molar-refractivity contribution in [1.29, 1.82) is 0 Å². The van der Waals surface area contributed by atoms with E-state index in [4.69, 9.17) is 46.4 Å². The average Bonchev–Trinajstić information content (AvgIpc) is 3.02. The molecule has 0 spiro atoms. The lowest BCUT2D eigenvalue weighted by molar-refractivity contribution is -0.129. The highest BCUT2D eigenvalue weighted by molar-refractivity contribution is 6.42. The predicted molar refractivity (Wildman–Crippen MR) is 130 cm³/mol. The number of nitrogens with one attached hydrogen (secondary N) is 2. The zero-order valence-corrected chi connectivity index (χ0v) is 20.5. The minimum Gasteiger partial charge on any atom is -0.334 e. The summed E-state index contributed by atoms with van der Waals surface area (Å²) in [5.74, 6) is -0.391. The van der Waals surface area contributed by atoms with Crippen LogP contribution in [0, 0.1) is 5.92 Å². The third-order valence-corrected chi connectivity index (χ3v) is 7.58. The standard InChI is InChI=1S/C23H23Cl4N3O2/c1-2-30-7-5-13(6-8-30)9-20(31)29-23(14-3-4-16(25)17(26)10-14)21-18(27)11-15(24)12-19(21)28-22(23)32/h3-4,10-13H,2,5-9H2,1H3,(H,28,32)(H,29,31). The van der Waals surface area contributed by atoms with Crippen molar-refractivity contribution in [2.45, 2.75) is 31.7 Å². The quantitative estimate of drug-likeness (QED) is 0.535. The third kappa shape index (κ3) is 4.34. The van der Waals surface area contributed by atoms with Crippen LogP contribution in [0.2, 0.25) is 20.1 Å². The molecule has 0 aliphatic carbocycles. The summed E-state index contributed by atoms with van der Waals surface area (Å²) < 4.78 is 0. The first kappa shape index (κ1) is 23.7. The summed E-state index contributed by atoms with van der Waals surface area (Å²) in [7, 11) is 0. The van der Waals surface area contributed by atoms with E-state index in [0.717, 1.165) is 32.5 Å². The van der Waals surface area contributed by atoms with Gasteiger partial charge in [-0.15, -0.1) is 0 Å². The molecular weight excluding hydrogens is 492 g/mol. The van der Waals surface area contributed by atoms with Gasteiger partial charge in [0.25, 0.3) is 5.91 Å². The van der Waals surface area contributed by atoms with Gasteiger partial charge >= 0.3 is 0 Å². The van der Waals surface area contributed by atoms with Gasteiger partial charge in [-0.25, -0.2) is 0 Å².